The number of hydroxylamine groups is 2. The molecule has 1 aromatic carbocycles. The minimum atomic E-state index is -0.559. The highest BCUT2D eigenvalue weighted by atomic mass is 16.7. The molecule has 9 nitrogen and oxygen atoms in total. The first kappa shape index (κ1) is 19.1. The molecule has 1 aromatic heterocycles. The van der Waals surface area contributed by atoms with Crippen LogP contribution in [0.3, 0.4) is 0 Å². The monoisotopic (exact) mass is 362 g/mol. The third-order valence-electron chi connectivity index (χ3n) is 3.55. The van der Waals surface area contributed by atoms with Crippen molar-refractivity contribution >= 4 is 17.9 Å². The maximum absolute atomic E-state index is 11.5. The van der Waals surface area contributed by atoms with Gasteiger partial charge in [0, 0.05) is 6.92 Å². The van der Waals surface area contributed by atoms with Crippen molar-refractivity contribution in [3.05, 3.63) is 35.2 Å². The minimum absolute atomic E-state index is 0.0563. The minimum Gasteiger partial charge on any atom is -0.496 e. The van der Waals surface area contributed by atoms with E-state index in [0.717, 1.165) is 5.06 Å². The summed E-state index contributed by atoms with van der Waals surface area (Å²) in [4.78, 5) is 24.9. The third-order valence-corrected chi connectivity index (χ3v) is 3.55. The van der Waals surface area contributed by atoms with Gasteiger partial charge in [-0.3, -0.25) is 4.79 Å². The van der Waals surface area contributed by atoms with Gasteiger partial charge in [0.2, 0.25) is 5.96 Å². The molecule has 0 unspecified atom stereocenters. The van der Waals surface area contributed by atoms with Gasteiger partial charge in [0.1, 0.15) is 17.3 Å². The van der Waals surface area contributed by atoms with Crippen LogP contribution >= 0.6 is 0 Å². The van der Waals surface area contributed by atoms with Crippen molar-refractivity contribution < 1.29 is 23.5 Å². The van der Waals surface area contributed by atoms with Crippen LogP contribution in [0.4, 0.5) is 6.01 Å². The number of guanidine groups is 1. The first-order valence-corrected chi connectivity index (χ1v) is 7.79. The van der Waals surface area contributed by atoms with E-state index in [1.54, 1.807) is 32.0 Å². The molecular weight excluding hydrogens is 340 g/mol. The lowest BCUT2D eigenvalue weighted by atomic mass is 10.1. The number of nitrogens with two attached hydrogens (primary N) is 1. The summed E-state index contributed by atoms with van der Waals surface area (Å²) in [5.41, 5.74) is 7.34. The number of carbonyl (C=O) groups is 1. The number of methoxy groups -OCH3 is 2. The van der Waals surface area contributed by atoms with Gasteiger partial charge in [-0.2, -0.15) is 15.0 Å². The molecule has 0 amide bonds. The van der Waals surface area contributed by atoms with E-state index < -0.39 is 5.97 Å². The number of hydrogen-bond acceptors (Lipinski definition) is 7. The molecule has 0 fully saturated rings. The Morgan fingerprint density at radius 2 is 1.88 bits per heavy atom. The maximum Gasteiger partial charge on any atom is 0.329 e. The summed E-state index contributed by atoms with van der Waals surface area (Å²) >= 11 is 0. The van der Waals surface area contributed by atoms with Gasteiger partial charge in [-0.1, -0.05) is 6.07 Å². The fraction of sp³-hybridized carbons (Fsp3) is 0.353. The fourth-order valence-corrected chi connectivity index (χ4v) is 2.20. The van der Waals surface area contributed by atoms with Gasteiger partial charge in [-0.05, 0) is 26.0 Å². The molecule has 0 saturated heterocycles. The second kappa shape index (κ2) is 8.24. The fourth-order valence-electron chi connectivity index (χ4n) is 2.20. The first-order valence-electron chi connectivity index (χ1n) is 7.79. The number of carbonyl (C=O) groups excluding carboxylic acids is 1. The number of aryl methyl sites for hydroxylation is 2. The molecule has 0 spiro atoms. The van der Waals surface area contributed by atoms with E-state index in [4.69, 9.17) is 24.5 Å². The Labute approximate surface area is 151 Å². The summed E-state index contributed by atoms with van der Waals surface area (Å²) in [5, 5.41) is 1.12. The van der Waals surface area contributed by atoms with Crippen LogP contribution in [-0.2, 0) is 16.2 Å². The van der Waals surface area contributed by atoms with Crippen LogP contribution < -0.4 is 15.2 Å². The van der Waals surface area contributed by atoms with E-state index in [1.807, 2.05) is 0 Å². The molecule has 140 valence electrons. The van der Waals surface area contributed by atoms with Crippen molar-refractivity contribution in [1.29, 1.82) is 0 Å². The first-order chi connectivity index (χ1) is 12.3. The Morgan fingerprint density at radius 3 is 2.35 bits per heavy atom. The molecule has 26 heavy (non-hydrogen) atoms. The van der Waals surface area contributed by atoms with E-state index in [-0.39, 0.29) is 18.5 Å². The van der Waals surface area contributed by atoms with Crippen LogP contribution in [0.1, 0.15) is 23.9 Å². The van der Waals surface area contributed by atoms with E-state index >= 15 is 0 Å². The molecule has 0 aliphatic carbocycles. The lowest BCUT2D eigenvalue weighted by molar-refractivity contribution is -0.172. The highest BCUT2D eigenvalue weighted by Gasteiger charge is 2.20. The van der Waals surface area contributed by atoms with E-state index in [9.17, 15) is 4.79 Å². The number of aromatic nitrogens is 1. The number of oxazole rings is 1. The molecule has 0 atom stereocenters. The zero-order valence-corrected chi connectivity index (χ0v) is 15.4. The van der Waals surface area contributed by atoms with Crippen LogP contribution in [0.2, 0.25) is 0 Å². The highest BCUT2D eigenvalue weighted by molar-refractivity contribution is 5.80. The Kier molecular flexibility index (Phi) is 6.05. The van der Waals surface area contributed by atoms with Gasteiger partial charge in [-0.25, -0.2) is 0 Å². The van der Waals surface area contributed by atoms with Gasteiger partial charge in [0.25, 0.3) is 0 Å². The quantitative estimate of drug-likeness (QED) is 0.489. The normalized spacial score (nSPS) is 11.2. The molecule has 0 aliphatic rings. The van der Waals surface area contributed by atoms with E-state index in [2.05, 4.69) is 9.98 Å². The van der Waals surface area contributed by atoms with Crippen molar-refractivity contribution in [3.63, 3.8) is 0 Å². The third kappa shape index (κ3) is 4.44. The van der Waals surface area contributed by atoms with Crippen LogP contribution in [0.25, 0.3) is 0 Å². The van der Waals surface area contributed by atoms with Crippen LogP contribution in [0.15, 0.2) is 27.6 Å². The smallest absolute Gasteiger partial charge is 0.329 e. The molecule has 2 N–H and O–H groups in total. The molecule has 2 aromatic rings. The molecule has 9 heteroatoms. The zero-order valence-electron chi connectivity index (χ0n) is 15.4. The summed E-state index contributed by atoms with van der Waals surface area (Å²) in [6, 6.07) is 5.38. The topological polar surface area (TPSA) is 112 Å². The summed E-state index contributed by atoms with van der Waals surface area (Å²) in [5.74, 6) is 1.07. The van der Waals surface area contributed by atoms with Crippen molar-refractivity contribution in [1.82, 2.24) is 10.0 Å². The SMILES string of the molecule is COc1cccc(OC)c1CN(OC(C)=O)/C(N)=N/c1nc(C)c(C)o1. The number of ether oxygens (including phenoxy) is 2. The Bertz CT molecular complexity index is 774. The maximum atomic E-state index is 11.5. The van der Waals surface area contributed by atoms with Gasteiger partial charge in [0.05, 0.1) is 32.0 Å². The van der Waals surface area contributed by atoms with Crippen molar-refractivity contribution in [2.24, 2.45) is 10.7 Å². The number of rotatable bonds is 5. The lowest BCUT2D eigenvalue weighted by Crippen LogP contribution is -2.38. The summed E-state index contributed by atoms with van der Waals surface area (Å²) in [6.45, 7) is 4.87. The second-order valence-corrected chi connectivity index (χ2v) is 5.37. The van der Waals surface area contributed by atoms with E-state index in [1.165, 1.54) is 21.1 Å². The van der Waals surface area contributed by atoms with Crippen molar-refractivity contribution in [3.8, 4) is 11.5 Å². The van der Waals surface area contributed by atoms with Gasteiger partial charge in [-0.15, -0.1) is 0 Å². The molecule has 2 rings (SSSR count). The standard InChI is InChI=1S/C17H22N4O5/c1-10-11(2)25-17(19-10)20-16(18)21(26-12(3)22)9-13-14(23-4)7-6-8-15(13)24-5/h6-8H,9H2,1-5H3,(H2,18,19,20). The average Bonchev–Trinajstić information content (AvgIpc) is 2.91. The Balaban J connectivity index is 2.37. The highest BCUT2D eigenvalue weighted by Crippen LogP contribution is 2.29. The predicted molar refractivity (Wildman–Crippen MR) is 94.1 cm³/mol. The van der Waals surface area contributed by atoms with Gasteiger partial charge >= 0.3 is 12.0 Å². The number of hydrogen-bond donors (Lipinski definition) is 1. The molecular formula is C17H22N4O5. The van der Waals surface area contributed by atoms with Gasteiger partial charge < -0.3 is 24.5 Å². The summed E-state index contributed by atoms with van der Waals surface area (Å²) in [6.07, 6.45) is 0. The van der Waals surface area contributed by atoms with E-state index in [0.29, 0.717) is 28.5 Å². The molecule has 0 aliphatic heterocycles. The summed E-state index contributed by atoms with van der Waals surface area (Å²) in [7, 11) is 3.06. The number of benzene rings is 1. The van der Waals surface area contributed by atoms with Crippen LogP contribution in [0, 0.1) is 13.8 Å². The molecule has 0 radical (unpaired) electrons. The van der Waals surface area contributed by atoms with Crippen molar-refractivity contribution in [2.45, 2.75) is 27.3 Å². The molecule has 0 bridgehead atoms. The predicted octanol–water partition coefficient (Wildman–Crippen LogP) is 2.24. The number of aliphatic imine (C=N–C) groups is 1. The molecule has 0 saturated carbocycles. The van der Waals surface area contributed by atoms with Crippen LogP contribution in [0.5, 0.6) is 11.5 Å². The zero-order chi connectivity index (χ0) is 19.3. The molecule has 1 heterocycles. The Hall–Kier alpha value is -3.23. The second-order valence-electron chi connectivity index (χ2n) is 5.37. The van der Waals surface area contributed by atoms with Gasteiger partial charge in [0.15, 0.2) is 0 Å². The largest absolute Gasteiger partial charge is 0.496 e. The Morgan fingerprint density at radius 1 is 1.27 bits per heavy atom. The number of nitrogens with zero attached hydrogens (tertiary/aromatic N) is 3. The van der Waals surface area contributed by atoms with Crippen molar-refractivity contribution in [2.75, 3.05) is 14.2 Å². The summed E-state index contributed by atoms with van der Waals surface area (Å²) < 4.78 is 16.1. The average molecular weight is 362 g/mol. The lowest BCUT2D eigenvalue weighted by Gasteiger charge is -2.23. The van der Waals surface area contributed by atoms with Crippen LogP contribution in [-0.4, -0.2) is 36.2 Å².